The van der Waals surface area contributed by atoms with E-state index in [0.29, 0.717) is 32.2 Å². The average molecular weight is 1050 g/mol. The van der Waals surface area contributed by atoms with E-state index >= 15 is 0 Å². The zero-order valence-electron chi connectivity index (χ0n) is 43.5. The predicted molar refractivity (Wildman–Crippen MR) is 275 cm³/mol. The molecule has 2 radical (unpaired) electrons. The fourth-order valence-electron chi connectivity index (χ4n) is 7.49. The first-order chi connectivity index (χ1) is 35.7. The second-order valence-corrected chi connectivity index (χ2v) is 18.1. The Balaban J connectivity index is 1.95. The normalized spacial score (nSPS) is 12.3. The first-order valence-corrected chi connectivity index (χ1v) is 26.4. The van der Waals surface area contributed by atoms with E-state index in [2.05, 4.69) is 31.9 Å². The van der Waals surface area contributed by atoms with Crippen LogP contribution in [-0.4, -0.2) is 160 Å². The van der Waals surface area contributed by atoms with Crippen molar-refractivity contribution in [3.63, 3.8) is 0 Å². The molecule has 0 aliphatic rings. The number of Topliss-reactive ketones (excluding diaryl/α,β-unsaturated/α-hetero) is 1. The molecule has 5 amide bonds. The summed E-state index contributed by atoms with van der Waals surface area (Å²) in [4.78, 5) is 95.5. The van der Waals surface area contributed by atoms with Crippen LogP contribution in [0.3, 0.4) is 0 Å². The van der Waals surface area contributed by atoms with Crippen LogP contribution >= 0.6 is 0 Å². The number of aromatic hydroxyl groups is 1. The Morgan fingerprint density at radius 1 is 0.514 bits per heavy atom. The molecule has 22 heteroatoms. The number of unbranched alkanes of at least 4 members (excludes halogenated alkanes) is 14. The molecule has 0 saturated carbocycles. The second kappa shape index (κ2) is 45.2. The number of ketones is 1. The Morgan fingerprint density at radius 2 is 1.00 bits per heavy atom. The molecule has 74 heavy (non-hydrogen) atoms. The molecule has 420 valence electrons. The van der Waals surface area contributed by atoms with Gasteiger partial charge in [0.15, 0.2) is 5.78 Å². The number of rotatable bonds is 51. The van der Waals surface area contributed by atoms with Crippen LogP contribution in [0.15, 0.2) is 24.3 Å². The van der Waals surface area contributed by atoms with Crippen molar-refractivity contribution in [3.05, 3.63) is 36.9 Å². The van der Waals surface area contributed by atoms with Gasteiger partial charge in [0, 0.05) is 45.9 Å². The lowest BCUT2D eigenvalue weighted by Gasteiger charge is -2.19. The van der Waals surface area contributed by atoms with E-state index in [1.54, 1.807) is 12.1 Å². The van der Waals surface area contributed by atoms with E-state index in [1.165, 1.54) is 50.7 Å². The largest absolute Gasteiger partial charge is 0.508 e. The monoisotopic (exact) mass is 1050 g/mol. The highest BCUT2D eigenvalue weighted by molar-refractivity contribution is 5.87. The highest BCUT2D eigenvalue weighted by Gasteiger charge is 2.22. The van der Waals surface area contributed by atoms with Crippen LogP contribution in [0.25, 0.3) is 0 Å². The average Bonchev–Trinajstić information content (AvgIpc) is 3.36. The summed E-state index contributed by atoms with van der Waals surface area (Å²) in [5.74, 6) is -4.04. The molecule has 0 spiro atoms. The highest BCUT2D eigenvalue weighted by atomic mass is 16.5. The summed E-state index contributed by atoms with van der Waals surface area (Å²) in [6.07, 6.45) is 17.1. The number of nitrogens with one attached hydrogen (secondary N) is 6. The van der Waals surface area contributed by atoms with E-state index < -0.39 is 36.0 Å². The van der Waals surface area contributed by atoms with E-state index in [-0.39, 0.29) is 140 Å². The first kappa shape index (κ1) is 66.8. The van der Waals surface area contributed by atoms with Gasteiger partial charge in [-0.25, -0.2) is 4.79 Å². The van der Waals surface area contributed by atoms with Crippen molar-refractivity contribution in [1.82, 2.24) is 31.9 Å². The molecular formula is C52H87N7O15. The minimum atomic E-state index is -1.19. The zero-order valence-corrected chi connectivity index (χ0v) is 43.5. The maximum atomic E-state index is 12.7. The van der Waals surface area contributed by atoms with Crippen LogP contribution in [0.4, 0.5) is 0 Å². The molecule has 1 aromatic carbocycles. The number of carboxylic acids is 2. The Hall–Kier alpha value is -5.26. The number of primary amides is 1. The van der Waals surface area contributed by atoms with E-state index in [0.717, 1.165) is 50.5 Å². The quantitative estimate of drug-likeness (QED) is 0.0331. The number of nitrogens with two attached hydrogens (primary N) is 1. The lowest BCUT2D eigenvalue weighted by atomic mass is 10.0. The predicted octanol–water partition coefficient (Wildman–Crippen LogP) is 2.84. The second-order valence-electron chi connectivity index (χ2n) is 18.1. The molecular weight excluding hydrogens is 963 g/mol. The number of hydrogen-bond donors (Lipinski definition) is 10. The number of phenols is 1. The third-order valence-corrected chi connectivity index (χ3v) is 11.8. The minimum Gasteiger partial charge on any atom is -0.508 e. The fourth-order valence-corrected chi connectivity index (χ4v) is 7.49. The molecule has 0 unspecified atom stereocenters. The van der Waals surface area contributed by atoms with Gasteiger partial charge in [0.25, 0.3) is 0 Å². The van der Waals surface area contributed by atoms with Gasteiger partial charge >= 0.3 is 11.9 Å². The van der Waals surface area contributed by atoms with E-state index in [1.807, 2.05) is 0 Å². The van der Waals surface area contributed by atoms with Crippen molar-refractivity contribution in [1.29, 1.82) is 0 Å². The van der Waals surface area contributed by atoms with Gasteiger partial charge in [-0.15, -0.1) is 0 Å². The lowest BCUT2D eigenvalue weighted by molar-refractivity contribution is -0.142. The number of aliphatic carboxylic acids is 2. The van der Waals surface area contributed by atoms with Crippen molar-refractivity contribution in [3.8, 4) is 5.75 Å². The topological polar surface area (TPSA) is 332 Å². The summed E-state index contributed by atoms with van der Waals surface area (Å²) in [5.41, 5.74) is 6.26. The highest BCUT2D eigenvalue weighted by Crippen LogP contribution is 2.15. The number of benzene rings is 1. The number of carbonyl (C=O) groups is 8. The van der Waals surface area contributed by atoms with Gasteiger partial charge in [-0.05, 0) is 62.6 Å². The fraction of sp³-hybridized carbons (Fsp3) is 0.712. The first-order valence-electron chi connectivity index (χ1n) is 26.4. The Bertz CT molecular complexity index is 1720. The van der Waals surface area contributed by atoms with Crippen molar-refractivity contribution >= 4 is 47.3 Å². The van der Waals surface area contributed by atoms with Crippen molar-refractivity contribution in [2.45, 2.75) is 159 Å². The summed E-state index contributed by atoms with van der Waals surface area (Å²) in [6.45, 7) is 1.41. The van der Waals surface area contributed by atoms with Gasteiger partial charge in [-0.3, -0.25) is 38.9 Å². The molecule has 0 aromatic heterocycles. The molecule has 1 rings (SSSR count). The molecule has 0 heterocycles. The Kier molecular flexibility index (Phi) is 40.7. The van der Waals surface area contributed by atoms with Crippen LogP contribution < -0.4 is 37.6 Å². The lowest BCUT2D eigenvalue weighted by Crippen LogP contribution is -2.48. The molecule has 22 nitrogen and oxygen atoms in total. The van der Waals surface area contributed by atoms with Gasteiger partial charge in [-0.2, -0.15) is 0 Å². The Labute approximate surface area is 437 Å². The van der Waals surface area contributed by atoms with Gasteiger partial charge in [0.2, 0.25) is 29.5 Å². The van der Waals surface area contributed by atoms with Gasteiger partial charge in [0.05, 0.1) is 58.3 Å². The van der Waals surface area contributed by atoms with Gasteiger partial charge in [-0.1, -0.05) is 89.2 Å². The minimum absolute atomic E-state index is 0.0413. The molecule has 0 bridgehead atoms. The van der Waals surface area contributed by atoms with Crippen LogP contribution in [-0.2, 0) is 63.7 Å². The molecule has 3 atom stereocenters. The number of ether oxygens (including phenoxy) is 4. The zero-order chi connectivity index (χ0) is 54.4. The third kappa shape index (κ3) is 39.2. The molecule has 0 saturated heterocycles. The smallest absolute Gasteiger partial charge is 0.326 e. The van der Waals surface area contributed by atoms with Crippen molar-refractivity contribution in [2.24, 2.45) is 5.73 Å². The van der Waals surface area contributed by atoms with Crippen molar-refractivity contribution in [2.75, 3.05) is 79.0 Å². The molecule has 11 N–H and O–H groups in total. The van der Waals surface area contributed by atoms with Crippen LogP contribution in [0.5, 0.6) is 5.75 Å². The van der Waals surface area contributed by atoms with Crippen LogP contribution in [0, 0.1) is 7.05 Å². The maximum Gasteiger partial charge on any atom is 0.326 e. The summed E-state index contributed by atoms with van der Waals surface area (Å²) >= 11 is 0. The number of carboxylic acid groups (broad SMARTS) is 2. The van der Waals surface area contributed by atoms with E-state index in [9.17, 15) is 48.6 Å². The number of carbonyl (C=O) groups excluding carboxylic acids is 6. The molecule has 0 aliphatic heterocycles. The van der Waals surface area contributed by atoms with Gasteiger partial charge < -0.3 is 66.6 Å². The van der Waals surface area contributed by atoms with Crippen molar-refractivity contribution < 1.29 is 72.6 Å². The van der Waals surface area contributed by atoms with Gasteiger partial charge in [0.1, 0.15) is 25.0 Å². The third-order valence-electron chi connectivity index (χ3n) is 11.8. The standard InChI is InChI=1S/C52H87N7O15/c1-54-42(45(61)37-58-44(51(53)68)36-40-21-23-41(60)24-22-40)18-16-17-27-55-48(64)38-73-34-33-72-31-29-57-49(65)39-74-35-32-71-30-28-56-46(62)26-25-43(52(69)70)59-47(63)19-14-12-10-8-6-4-2-3-5-7-9-11-13-15-20-50(66)67/h1,21-24,42-44,54,58,60H,2-20,25-39H2,(H2,53,68)(H,55,64)(H,56,62)(H,57,65)(H,59,63)(H,66,67)(H,69,70)/t42-,43-,44+/m0/s1. The van der Waals surface area contributed by atoms with E-state index in [4.69, 9.17) is 36.8 Å². The van der Waals surface area contributed by atoms with Crippen LogP contribution in [0.2, 0.25) is 0 Å². The summed E-state index contributed by atoms with van der Waals surface area (Å²) in [5, 5.41) is 43.6. The summed E-state index contributed by atoms with van der Waals surface area (Å²) in [7, 11) is 5.59. The molecule has 1 aromatic rings. The summed E-state index contributed by atoms with van der Waals surface area (Å²) < 4.78 is 21.4. The Morgan fingerprint density at radius 3 is 1.50 bits per heavy atom. The SMILES string of the molecule is [CH]N[C@@H](CCCCNC(=O)COCCOCCNC(=O)COCCOCCNC(=O)CC[C@H](NC(=O)CCCCCCCCCCCCCCCCC(=O)O)C(=O)O)C(=O)CN[C@H](Cc1ccc(O)cc1)C(N)=O. The molecule has 0 fully saturated rings. The molecule has 0 aliphatic carbocycles. The number of hydrogen-bond acceptors (Lipinski definition) is 15. The number of phenolic OH excluding ortho intramolecular Hbond substituents is 1. The van der Waals surface area contributed by atoms with Crippen LogP contribution in [0.1, 0.15) is 140 Å². The maximum absolute atomic E-state index is 12.7. The number of amides is 5. The summed E-state index contributed by atoms with van der Waals surface area (Å²) in [6, 6.07) is 3.72.